The molecule has 0 aliphatic carbocycles. The van der Waals surface area contributed by atoms with Crippen molar-refractivity contribution in [2.45, 2.75) is 58.4 Å². The molecule has 0 radical (unpaired) electrons. The number of benzene rings is 2. The monoisotopic (exact) mass is 360 g/mol. The van der Waals surface area contributed by atoms with Crippen molar-refractivity contribution in [2.75, 3.05) is 22.9 Å². The number of fused-ring (bicyclic) bond motifs is 2. The lowest BCUT2D eigenvalue weighted by Crippen LogP contribution is -2.33. The van der Waals surface area contributed by atoms with Gasteiger partial charge in [0, 0.05) is 36.6 Å². The Morgan fingerprint density at radius 2 is 1.52 bits per heavy atom. The molecule has 2 aromatic rings. The highest BCUT2D eigenvalue weighted by Crippen LogP contribution is 2.38. The van der Waals surface area contributed by atoms with Gasteiger partial charge >= 0.3 is 0 Å². The fraction of sp³-hybridized carbons (Fsp3) is 0.440. The number of anilines is 2. The highest BCUT2D eigenvalue weighted by Gasteiger charge is 2.30. The Balaban J connectivity index is 1.63. The minimum absolute atomic E-state index is 0.488. The molecular formula is C25H32N2. The number of rotatable bonds is 7. The summed E-state index contributed by atoms with van der Waals surface area (Å²) in [5.41, 5.74) is 7.36. The van der Waals surface area contributed by atoms with Gasteiger partial charge in [0.1, 0.15) is 0 Å². The van der Waals surface area contributed by atoms with Crippen molar-refractivity contribution in [2.24, 2.45) is 0 Å². The zero-order valence-corrected chi connectivity index (χ0v) is 16.8. The largest absolute Gasteiger partial charge is 0.364 e. The maximum atomic E-state index is 2.65. The molecular weight excluding hydrogens is 328 g/mol. The van der Waals surface area contributed by atoms with Crippen LogP contribution in [0.15, 0.2) is 60.3 Å². The summed E-state index contributed by atoms with van der Waals surface area (Å²) in [4.78, 5) is 5.23. The van der Waals surface area contributed by atoms with Gasteiger partial charge in [0.05, 0.1) is 6.04 Å². The SMILES string of the molecule is CCCCN1C(=CC2Cc3ccccc3N2CCCC)Cc2ccccc21. The second kappa shape index (κ2) is 8.21. The molecule has 2 aromatic carbocycles. The average Bonchev–Trinajstić information content (AvgIpc) is 3.22. The minimum atomic E-state index is 0.488. The van der Waals surface area contributed by atoms with Crippen molar-refractivity contribution in [1.82, 2.24) is 0 Å². The van der Waals surface area contributed by atoms with Crippen LogP contribution in [0.5, 0.6) is 0 Å². The van der Waals surface area contributed by atoms with Gasteiger partial charge in [-0.15, -0.1) is 0 Å². The van der Waals surface area contributed by atoms with E-state index in [-0.39, 0.29) is 0 Å². The van der Waals surface area contributed by atoms with Gasteiger partial charge in [0.25, 0.3) is 0 Å². The van der Waals surface area contributed by atoms with Gasteiger partial charge in [-0.1, -0.05) is 63.1 Å². The summed E-state index contributed by atoms with van der Waals surface area (Å²) in [6, 6.07) is 18.4. The van der Waals surface area contributed by atoms with Gasteiger partial charge in [0.15, 0.2) is 0 Å². The van der Waals surface area contributed by atoms with Crippen LogP contribution >= 0.6 is 0 Å². The van der Waals surface area contributed by atoms with Crippen molar-refractivity contribution in [1.29, 1.82) is 0 Å². The summed E-state index contributed by atoms with van der Waals surface area (Å²) >= 11 is 0. The maximum Gasteiger partial charge on any atom is 0.0534 e. The van der Waals surface area contributed by atoms with Crippen LogP contribution in [0.2, 0.25) is 0 Å². The van der Waals surface area contributed by atoms with Gasteiger partial charge in [0.2, 0.25) is 0 Å². The van der Waals surface area contributed by atoms with Gasteiger partial charge in [-0.2, -0.15) is 0 Å². The quantitative estimate of drug-likeness (QED) is 0.600. The Labute approximate surface area is 164 Å². The minimum Gasteiger partial charge on any atom is -0.364 e. The Morgan fingerprint density at radius 3 is 2.30 bits per heavy atom. The average molecular weight is 361 g/mol. The van der Waals surface area contributed by atoms with E-state index in [1.807, 2.05) is 0 Å². The summed E-state index contributed by atoms with van der Waals surface area (Å²) < 4.78 is 0. The molecule has 0 bridgehead atoms. The zero-order valence-electron chi connectivity index (χ0n) is 16.8. The first kappa shape index (κ1) is 18.2. The fourth-order valence-electron chi connectivity index (χ4n) is 4.56. The number of hydrogen-bond donors (Lipinski definition) is 0. The van der Waals surface area contributed by atoms with Crippen molar-refractivity contribution in [3.63, 3.8) is 0 Å². The lowest BCUT2D eigenvalue weighted by Gasteiger charge is -2.28. The summed E-state index contributed by atoms with van der Waals surface area (Å²) in [6.07, 6.45) is 9.78. The van der Waals surface area contributed by atoms with Crippen molar-refractivity contribution < 1.29 is 0 Å². The number of para-hydroxylation sites is 2. The maximum absolute atomic E-state index is 2.65. The molecule has 0 fully saturated rings. The molecule has 2 heteroatoms. The second-order valence-electron chi connectivity index (χ2n) is 7.92. The lowest BCUT2D eigenvalue weighted by molar-refractivity contribution is 0.671. The highest BCUT2D eigenvalue weighted by molar-refractivity contribution is 5.66. The standard InChI is InChI=1S/C25H32N2/c1-3-5-15-26-22(17-20-11-7-9-13-24(20)26)19-23-18-21-12-8-10-14-25(21)27(23)16-6-4-2/h7-14,19,22H,3-6,15-18H2,1-2H3. The molecule has 0 saturated carbocycles. The molecule has 2 aliphatic heterocycles. The third kappa shape index (κ3) is 3.63. The van der Waals surface area contributed by atoms with Crippen molar-refractivity contribution >= 4 is 11.4 Å². The van der Waals surface area contributed by atoms with E-state index in [0.717, 1.165) is 25.9 Å². The fourth-order valence-corrected chi connectivity index (χ4v) is 4.56. The smallest absolute Gasteiger partial charge is 0.0534 e. The molecule has 2 aliphatic rings. The van der Waals surface area contributed by atoms with E-state index in [4.69, 9.17) is 0 Å². The van der Waals surface area contributed by atoms with E-state index < -0.39 is 0 Å². The molecule has 1 unspecified atom stereocenters. The highest BCUT2D eigenvalue weighted by atomic mass is 15.2. The van der Waals surface area contributed by atoms with Crippen LogP contribution in [0.25, 0.3) is 0 Å². The van der Waals surface area contributed by atoms with E-state index in [0.29, 0.717) is 6.04 Å². The van der Waals surface area contributed by atoms with Crippen LogP contribution in [0.4, 0.5) is 11.4 Å². The number of allylic oxidation sites excluding steroid dienone is 1. The Kier molecular flexibility index (Phi) is 5.52. The second-order valence-corrected chi connectivity index (χ2v) is 7.92. The van der Waals surface area contributed by atoms with E-state index in [1.165, 1.54) is 53.9 Å². The summed E-state index contributed by atoms with van der Waals surface area (Å²) in [5.74, 6) is 0. The molecule has 0 spiro atoms. The van der Waals surface area contributed by atoms with E-state index >= 15 is 0 Å². The van der Waals surface area contributed by atoms with Crippen molar-refractivity contribution in [3.05, 3.63) is 71.4 Å². The van der Waals surface area contributed by atoms with Crippen LogP contribution in [-0.4, -0.2) is 19.1 Å². The van der Waals surface area contributed by atoms with Crippen molar-refractivity contribution in [3.8, 4) is 0 Å². The molecule has 2 heterocycles. The predicted molar refractivity (Wildman–Crippen MR) is 117 cm³/mol. The van der Waals surface area contributed by atoms with Crippen LogP contribution < -0.4 is 9.80 Å². The van der Waals surface area contributed by atoms with Gasteiger partial charge in [-0.25, -0.2) is 0 Å². The van der Waals surface area contributed by atoms with Crippen LogP contribution in [-0.2, 0) is 12.8 Å². The molecule has 0 N–H and O–H groups in total. The van der Waals surface area contributed by atoms with Gasteiger partial charge in [-0.3, -0.25) is 0 Å². The first-order valence-corrected chi connectivity index (χ1v) is 10.7. The number of unbranched alkanes of at least 4 members (excludes halogenated alkanes) is 2. The number of nitrogens with zero attached hydrogens (tertiary/aromatic N) is 2. The van der Waals surface area contributed by atoms with Crippen LogP contribution in [0.3, 0.4) is 0 Å². The molecule has 0 amide bonds. The number of hydrogen-bond acceptors (Lipinski definition) is 2. The molecule has 142 valence electrons. The van der Waals surface area contributed by atoms with E-state index in [9.17, 15) is 0 Å². The first-order chi connectivity index (χ1) is 13.3. The molecule has 2 nitrogen and oxygen atoms in total. The molecule has 4 rings (SSSR count). The molecule has 27 heavy (non-hydrogen) atoms. The normalized spacial score (nSPS) is 19.6. The Bertz CT molecular complexity index is 807. The van der Waals surface area contributed by atoms with Gasteiger partial charge in [-0.05, 0) is 48.6 Å². The third-order valence-electron chi connectivity index (χ3n) is 6.00. The van der Waals surface area contributed by atoms with E-state index in [1.54, 1.807) is 0 Å². The Hall–Kier alpha value is -2.22. The van der Waals surface area contributed by atoms with Gasteiger partial charge < -0.3 is 9.80 Å². The molecule has 1 atom stereocenters. The molecule has 0 saturated heterocycles. The van der Waals surface area contributed by atoms with E-state index in [2.05, 4.69) is 78.3 Å². The zero-order chi connectivity index (χ0) is 18.6. The topological polar surface area (TPSA) is 6.48 Å². The molecule has 0 aromatic heterocycles. The first-order valence-electron chi connectivity index (χ1n) is 10.7. The summed E-state index contributed by atoms with van der Waals surface area (Å²) in [6.45, 7) is 6.86. The lowest BCUT2D eigenvalue weighted by atomic mass is 10.1. The summed E-state index contributed by atoms with van der Waals surface area (Å²) in [7, 11) is 0. The Morgan fingerprint density at radius 1 is 0.852 bits per heavy atom. The van der Waals surface area contributed by atoms with Crippen LogP contribution in [0, 0.1) is 0 Å². The summed E-state index contributed by atoms with van der Waals surface area (Å²) in [5, 5.41) is 0. The predicted octanol–water partition coefficient (Wildman–Crippen LogP) is 5.96. The third-order valence-corrected chi connectivity index (χ3v) is 6.00. The van der Waals surface area contributed by atoms with Crippen LogP contribution in [0.1, 0.15) is 50.7 Å².